The molecule has 0 unspecified atom stereocenters. The van der Waals surface area contributed by atoms with Crippen LogP contribution >= 0.6 is 38.6 Å². The van der Waals surface area contributed by atoms with Gasteiger partial charge in [0.2, 0.25) is 5.90 Å². The molecule has 0 saturated heterocycles. The summed E-state index contributed by atoms with van der Waals surface area (Å²) in [6.45, 7) is 0. The number of halogens is 1. The maximum atomic E-state index is 11.7. The monoisotopic (exact) mass is 339 g/mol. The molecule has 0 fully saturated rings. The molecule has 90 valence electrons. The number of ether oxygens (including phenoxy) is 1. The van der Waals surface area contributed by atoms with Crippen LogP contribution in [0.2, 0.25) is 0 Å². The first-order chi connectivity index (χ1) is 8.72. The largest absolute Gasteiger partial charge is 0.401 e. The third-order valence-corrected chi connectivity index (χ3v) is 4.72. The van der Waals surface area contributed by atoms with Crippen LogP contribution in [0.5, 0.6) is 0 Å². The van der Waals surface area contributed by atoms with Gasteiger partial charge in [0.15, 0.2) is 5.70 Å². The molecule has 0 saturated carbocycles. The standard InChI is InChI=1S/C12H6BrNO2S2/c13-7-4-8(18-6-7)5-9-12(15)16-11(14-9)10-2-1-3-17-10/h1-6H/b9-5-. The molecule has 0 aliphatic carbocycles. The molecule has 2 aromatic heterocycles. The van der Waals surface area contributed by atoms with Gasteiger partial charge in [0.05, 0.1) is 4.88 Å². The van der Waals surface area contributed by atoms with Gasteiger partial charge in [-0.3, -0.25) is 0 Å². The van der Waals surface area contributed by atoms with Gasteiger partial charge in [0, 0.05) is 14.7 Å². The highest BCUT2D eigenvalue weighted by molar-refractivity contribution is 9.10. The van der Waals surface area contributed by atoms with Crippen LogP contribution in [-0.2, 0) is 9.53 Å². The number of rotatable bonds is 2. The number of carbonyl (C=O) groups excluding carboxylic acids is 1. The molecule has 0 aromatic carbocycles. The van der Waals surface area contributed by atoms with Crippen molar-refractivity contribution in [2.24, 2.45) is 4.99 Å². The molecule has 1 aliphatic rings. The second-order valence-corrected chi connectivity index (χ2v) is 6.29. The first-order valence-electron chi connectivity index (χ1n) is 5.03. The van der Waals surface area contributed by atoms with Gasteiger partial charge in [-0.25, -0.2) is 9.79 Å². The summed E-state index contributed by atoms with van der Waals surface area (Å²) in [5, 5.41) is 3.88. The van der Waals surface area contributed by atoms with Crippen LogP contribution in [0.1, 0.15) is 9.75 Å². The van der Waals surface area contributed by atoms with Gasteiger partial charge in [0.1, 0.15) is 0 Å². The Morgan fingerprint density at radius 3 is 2.94 bits per heavy atom. The van der Waals surface area contributed by atoms with Gasteiger partial charge in [-0.1, -0.05) is 6.07 Å². The van der Waals surface area contributed by atoms with Crippen LogP contribution in [0.3, 0.4) is 0 Å². The zero-order valence-electron chi connectivity index (χ0n) is 8.92. The van der Waals surface area contributed by atoms with Crippen molar-refractivity contribution in [1.29, 1.82) is 0 Å². The number of aliphatic imine (C=N–C) groups is 1. The molecule has 0 amide bonds. The fourth-order valence-corrected chi connectivity index (χ4v) is 3.47. The number of hydrogen-bond acceptors (Lipinski definition) is 5. The predicted molar refractivity (Wildman–Crippen MR) is 76.9 cm³/mol. The lowest BCUT2D eigenvalue weighted by Gasteiger charge is -1.92. The number of carbonyl (C=O) groups is 1. The molecule has 0 radical (unpaired) electrons. The van der Waals surface area contributed by atoms with Crippen LogP contribution in [-0.4, -0.2) is 11.9 Å². The van der Waals surface area contributed by atoms with Crippen molar-refractivity contribution in [2.75, 3.05) is 0 Å². The predicted octanol–water partition coefficient (Wildman–Crippen LogP) is 3.92. The smallest absolute Gasteiger partial charge is 0.363 e. The molecular formula is C12H6BrNO2S2. The van der Waals surface area contributed by atoms with Crippen LogP contribution < -0.4 is 0 Å². The van der Waals surface area contributed by atoms with Gasteiger partial charge in [-0.05, 0) is 39.5 Å². The third kappa shape index (κ3) is 2.31. The number of cyclic esters (lactones) is 1. The Kier molecular flexibility index (Phi) is 3.15. The fraction of sp³-hybridized carbons (Fsp3) is 0. The molecule has 18 heavy (non-hydrogen) atoms. The van der Waals surface area contributed by atoms with Gasteiger partial charge in [0.25, 0.3) is 0 Å². The second-order valence-electron chi connectivity index (χ2n) is 3.48. The molecular weight excluding hydrogens is 334 g/mol. The lowest BCUT2D eigenvalue weighted by Crippen LogP contribution is -2.03. The number of hydrogen-bond donors (Lipinski definition) is 0. The van der Waals surface area contributed by atoms with E-state index in [1.54, 1.807) is 6.08 Å². The van der Waals surface area contributed by atoms with Crippen LogP contribution in [0, 0.1) is 0 Å². The van der Waals surface area contributed by atoms with E-state index in [9.17, 15) is 4.79 Å². The summed E-state index contributed by atoms with van der Waals surface area (Å²) in [6.07, 6.45) is 1.73. The molecule has 3 heterocycles. The quantitative estimate of drug-likeness (QED) is 0.614. The van der Waals surface area contributed by atoms with Crippen LogP contribution in [0.15, 0.2) is 44.1 Å². The van der Waals surface area contributed by atoms with Gasteiger partial charge >= 0.3 is 5.97 Å². The van der Waals surface area contributed by atoms with E-state index in [1.165, 1.54) is 22.7 Å². The maximum absolute atomic E-state index is 11.7. The summed E-state index contributed by atoms with van der Waals surface area (Å²) in [5.41, 5.74) is 0.341. The Morgan fingerprint density at radius 2 is 2.28 bits per heavy atom. The number of nitrogens with zero attached hydrogens (tertiary/aromatic N) is 1. The highest BCUT2D eigenvalue weighted by atomic mass is 79.9. The number of esters is 1. The fourth-order valence-electron chi connectivity index (χ4n) is 1.45. The minimum absolute atomic E-state index is 0.341. The summed E-state index contributed by atoms with van der Waals surface area (Å²) in [6, 6.07) is 5.71. The average molecular weight is 340 g/mol. The van der Waals surface area contributed by atoms with E-state index >= 15 is 0 Å². The van der Waals surface area contributed by atoms with E-state index in [2.05, 4.69) is 20.9 Å². The lowest BCUT2D eigenvalue weighted by atomic mass is 10.3. The Labute approximate surface area is 120 Å². The highest BCUT2D eigenvalue weighted by Gasteiger charge is 2.24. The summed E-state index contributed by atoms with van der Waals surface area (Å²) >= 11 is 6.40. The van der Waals surface area contributed by atoms with E-state index in [1.807, 2.05) is 29.0 Å². The zero-order valence-corrected chi connectivity index (χ0v) is 12.1. The number of thiophene rings is 2. The third-order valence-electron chi connectivity index (χ3n) is 2.22. The normalized spacial score (nSPS) is 17.1. The van der Waals surface area contributed by atoms with Crippen molar-refractivity contribution in [3.8, 4) is 0 Å². The molecule has 6 heteroatoms. The van der Waals surface area contributed by atoms with Crippen LogP contribution in [0.25, 0.3) is 6.08 Å². The maximum Gasteiger partial charge on any atom is 0.363 e. The molecule has 0 bridgehead atoms. The van der Waals surface area contributed by atoms with E-state index in [0.717, 1.165) is 14.2 Å². The van der Waals surface area contributed by atoms with Crippen molar-refractivity contribution in [1.82, 2.24) is 0 Å². The van der Waals surface area contributed by atoms with Gasteiger partial charge < -0.3 is 4.74 Å². The first-order valence-corrected chi connectivity index (χ1v) is 7.58. The summed E-state index contributed by atoms with van der Waals surface area (Å²) in [7, 11) is 0. The summed E-state index contributed by atoms with van der Waals surface area (Å²) < 4.78 is 6.14. The minimum atomic E-state index is -0.400. The van der Waals surface area contributed by atoms with Crippen molar-refractivity contribution >= 4 is 56.5 Å². The summed E-state index contributed by atoms with van der Waals surface area (Å²) in [4.78, 5) is 17.7. The Balaban J connectivity index is 1.94. The van der Waals surface area contributed by atoms with E-state index in [0.29, 0.717) is 11.6 Å². The highest BCUT2D eigenvalue weighted by Crippen LogP contribution is 2.25. The zero-order chi connectivity index (χ0) is 12.5. The van der Waals surface area contributed by atoms with Crippen molar-refractivity contribution in [3.63, 3.8) is 0 Å². The molecule has 1 aliphatic heterocycles. The Bertz CT molecular complexity index is 655. The van der Waals surface area contributed by atoms with Crippen molar-refractivity contribution in [2.45, 2.75) is 0 Å². The minimum Gasteiger partial charge on any atom is -0.401 e. The van der Waals surface area contributed by atoms with E-state index in [4.69, 9.17) is 4.74 Å². The molecule has 0 spiro atoms. The van der Waals surface area contributed by atoms with Crippen molar-refractivity contribution in [3.05, 3.63) is 48.9 Å². The Hall–Kier alpha value is -1.24. The molecule has 3 rings (SSSR count). The molecule has 0 atom stereocenters. The molecule has 0 N–H and O–H groups in total. The second kappa shape index (κ2) is 4.79. The SMILES string of the molecule is O=C1OC(c2cccs2)=N/C1=C\c1cc(Br)cs1. The van der Waals surface area contributed by atoms with E-state index < -0.39 is 5.97 Å². The lowest BCUT2D eigenvalue weighted by molar-refractivity contribution is -0.129. The average Bonchev–Trinajstić information content (AvgIpc) is 3.02. The Morgan fingerprint density at radius 1 is 1.39 bits per heavy atom. The van der Waals surface area contributed by atoms with Crippen LogP contribution in [0.4, 0.5) is 0 Å². The topological polar surface area (TPSA) is 38.7 Å². The molecule has 3 nitrogen and oxygen atoms in total. The first kappa shape index (κ1) is 11.8. The van der Waals surface area contributed by atoms with Gasteiger partial charge in [-0.2, -0.15) is 0 Å². The summed E-state index contributed by atoms with van der Waals surface area (Å²) in [5.74, 6) is -0.0141. The molecule has 2 aromatic rings. The van der Waals surface area contributed by atoms with Crippen molar-refractivity contribution < 1.29 is 9.53 Å². The van der Waals surface area contributed by atoms with E-state index in [-0.39, 0.29) is 0 Å². The van der Waals surface area contributed by atoms with Gasteiger partial charge in [-0.15, -0.1) is 22.7 Å².